The summed E-state index contributed by atoms with van der Waals surface area (Å²) in [4.78, 5) is 5.59. The predicted molar refractivity (Wildman–Crippen MR) is 110 cm³/mol. The fourth-order valence-corrected chi connectivity index (χ4v) is 3.89. The summed E-state index contributed by atoms with van der Waals surface area (Å²) in [5, 5.41) is 12.0. The molecular formula is C19H23ClN4OS. The number of halogens is 1. The largest absolute Gasteiger partial charge is 0.496 e. The van der Waals surface area contributed by atoms with E-state index < -0.39 is 0 Å². The van der Waals surface area contributed by atoms with Crippen LogP contribution in [0.5, 0.6) is 5.75 Å². The number of pyridine rings is 1. The predicted octanol–water partition coefficient (Wildman–Crippen LogP) is 5.87. The average molecular weight is 391 g/mol. The number of thioether (sulfide) groups is 1. The number of fused-ring (bicyclic) bond motifs is 1. The average Bonchev–Trinajstić information content (AvgIpc) is 2.88. The maximum atomic E-state index is 6.70. The van der Waals surface area contributed by atoms with E-state index in [0.717, 1.165) is 44.3 Å². The Hall–Kier alpha value is -1.92. The molecule has 3 rings (SSSR count). The summed E-state index contributed by atoms with van der Waals surface area (Å²) in [6, 6.07) is 3.98. The standard InChI is InChI=1S/C19H23ClN4OS/c1-10-11(2)23-24-18(10)22-14-9-21-13-8-15(25-6)16(26-19(3,4)5)7-12(13)17(14)20/h7-9H,1-6H3,(H2,22,23,24). The first-order valence-electron chi connectivity index (χ1n) is 8.33. The highest BCUT2D eigenvalue weighted by molar-refractivity contribution is 8.00. The Bertz CT molecular complexity index is 962. The van der Waals surface area contributed by atoms with Crippen LogP contribution in [0.3, 0.4) is 0 Å². The molecule has 0 amide bonds. The number of aromatic nitrogens is 3. The molecule has 2 aromatic heterocycles. The topological polar surface area (TPSA) is 62.8 Å². The molecule has 0 aliphatic carbocycles. The summed E-state index contributed by atoms with van der Waals surface area (Å²) in [6.07, 6.45) is 1.73. The van der Waals surface area contributed by atoms with Crippen molar-refractivity contribution < 1.29 is 4.74 Å². The van der Waals surface area contributed by atoms with E-state index in [1.54, 1.807) is 25.1 Å². The number of hydrogen-bond donors (Lipinski definition) is 2. The smallest absolute Gasteiger partial charge is 0.155 e. The summed E-state index contributed by atoms with van der Waals surface area (Å²) in [7, 11) is 1.67. The fraction of sp³-hybridized carbons (Fsp3) is 0.368. The number of rotatable bonds is 4. The van der Waals surface area contributed by atoms with Gasteiger partial charge in [0.1, 0.15) is 5.75 Å². The van der Waals surface area contributed by atoms with E-state index in [9.17, 15) is 0 Å². The van der Waals surface area contributed by atoms with Crippen LogP contribution in [-0.2, 0) is 0 Å². The van der Waals surface area contributed by atoms with Gasteiger partial charge in [-0.3, -0.25) is 10.1 Å². The van der Waals surface area contributed by atoms with Crippen molar-refractivity contribution in [1.82, 2.24) is 15.2 Å². The van der Waals surface area contributed by atoms with E-state index in [-0.39, 0.29) is 4.75 Å². The van der Waals surface area contributed by atoms with Gasteiger partial charge in [0, 0.05) is 27.5 Å². The Morgan fingerprint density at radius 2 is 1.96 bits per heavy atom. The quantitative estimate of drug-likeness (QED) is 0.545. The number of nitrogens with one attached hydrogen (secondary N) is 2. The Morgan fingerprint density at radius 1 is 1.23 bits per heavy atom. The zero-order chi connectivity index (χ0) is 19.1. The number of ether oxygens (including phenoxy) is 1. The first-order chi connectivity index (χ1) is 12.2. The molecule has 0 unspecified atom stereocenters. The van der Waals surface area contributed by atoms with Crippen molar-refractivity contribution in [2.45, 2.75) is 44.3 Å². The Morgan fingerprint density at radius 3 is 2.54 bits per heavy atom. The molecule has 1 aromatic carbocycles. The van der Waals surface area contributed by atoms with Gasteiger partial charge in [0.15, 0.2) is 5.82 Å². The minimum atomic E-state index is 0.0560. The number of methoxy groups -OCH3 is 1. The van der Waals surface area contributed by atoms with E-state index in [2.05, 4.69) is 41.3 Å². The van der Waals surface area contributed by atoms with Crippen LogP contribution in [0.1, 0.15) is 32.0 Å². The molecule has 0 aliphatic heterocycles. The monoisotopic (exact) mass is 390 g/mol. The molecule has 2 N–H and O–H groups in total. The van der Waals surface area contributed by atoms with E-state index in [1.165, 1.54) is 0 Å². The lowest BCUT2D eigenvalue weighted by molar-refractivity contribution is 0.405. The molecule has 26 heavy (non-hydrogen) atoms. The highest BCUT2D eigenvalue weighted by Gasteiger charge is 2.18. The van der Waals surface area contributed by atoms with Gasteiger partial charge >= 0.3 is 0 Å². The van der Waals surface area contributed by atoms with Crippen molar-refractivity contribution >= 4 is 45.8 Å². The van der Waals surface area contributed by atoms with Crippen LogP contribution >= 0.6 is 23.4 Å². The zero-order valence-corrected chi connectivity index (χ0v) is 17.4. The fourth-order valence-electron chi connectivity index (χ4n) is 2.56. The third-order valence-corrected chi connectivity index (χ3v) is 5.57. The molecule has 0 spiro atoms. The molecule has 7 heteroatoms. The first kappa shape index (κ1) is 18.9. The summed E-state index contributed by atoms with van der Waals surface area (Å²) in [5.41, 5.74) is 3.60. The number of H-pyrrole nitrogens is 1. The third kappa shape index (κ3) is 3.76. The Kier molecular flexibility index (Phi) is 5.08. The molecule has 5 nitrogen and oxygen atoms in total. The van der Waals surface area contributed by atoms with Crippen molar-refractivity contribution in [2.75, 3.05) is 12.4 Å². The van der Waals surface area contributed by atoms with Crippen LogP contribution in [0.4, 0.5) is 11.5 Å². The van der Waals surface area contributed by atoms with E-state index in [0.29, 0.717) is 5.02 Å². The number of aromatic amines is 1. The number of hydrogen-bond acceptors (Lipinski definition) is 5. The van der Waals surface area contributed by atoms with Crippen LogP contribution < -0.4 is 10.1 Å². The minimum Gasteiger partial charge on any atom is -0.496 e. The van der Waals surface area contributed by atoms with Gasteiger partial charge in [0.05, 0.1) is 34.4 Å². The Balaban J connectivity index is 2.08. The number of benzene rings is 1. The second kappa shape index (κ2) is 7.00. The summed E-state index contributed by atoms with van der Waals surface area (Å²) < 4.78 is 5.61. The molecule has 3 aromatic rings. The SMILES string of the molecule is COc1cc2ncc(Nc3n[nH]c(C)c3C)c(Cl)c2cc1SC(C)(C)C. The maximum absolute atomic E-state index is 6.70. The molecule has 0 radical (unpaired) electrons. The normalized spacial score (nSPS) is 11.8. The van der Waals surface area contributed by atoms with Crippen molar-refractivity contribution in [2.24, 2.45) is 0 Å². The minimum absolute atomic E-state index is 0.0560. The summed E-state index contributed by atoms with van der Waals surface area (Å²) >= 11 is 8.44. The van der Waals surface area contributed by atoms with Crippen LogP contribution in [0, 0.1) is 13.8 Å². The van der Waals surface area contributed by atoms with Crippen molar-refractivity contribution in [3.05, 3.63) is 34.6 Å². The lowest BCUT2D eigenvalue weighted by Crippen LogP contribution is -2.07. The molecule has 0 bridgehead atoms. The van der Waals surface area contributed by atoms with Gasteiger partial charge in [0.2, 0.25) is 0 Å². The second-order valence-corrected chi connectivity index (χ2v) is 9.41. The van der Waals surface area contributed by atoms with Gasteiger partial charge in [-0.1, -0.05) is 32.4 Å². The lowest BCUT2D eigenvalue weighted by Gasteiger charge is -2.20. The van der Waals surface area contributed by atoms with Crippen molar-refractivity contribution in [3.63, 3.8) is 0 Å². The molecule has 0 saturated heterocycles. The summed E-state index contributed by atoms with van der Waals surface area (Å²) in [5.74, 6) is 1.56. The Labute approximate surface area is 162 Å². The number of aryl methyl sites for hydroxylation is 1. The molecule has 0 aliphatic rings. The molecule has 0 saturated carbocycles. The van der Waals surface area contributed by atoms with Gasteiger partial charge in [-0.25, -0.2) is 0 Å². The van der Waals surface area contributed by atoms with Gasteiger partial charge in [-0.15, -0.1) is 11.8 Å². The van der Waals surface area contributed by atoms with Gasteiger partial charge in [-0.2, -0.15) is 5.10 Å². The molecule has 0 fully saturated rings. The van der Waals surface area contributed by atoms with Crippen molar-refractivity contribution in [3.8, 4) is 5.75 Å². The van der Waals surface area contributed by atoms with Crippen LogP contribution in [0.15, 0.2) is 23.2 Å². The van der Waals surface area contributed by atoms with Gasteiger partial charge in [0.25, 0.3) is 0 Å². The third-order valence-electron chi connectivity index (χ3n) is 4.01. The lowest BCUT2D eigenvalue weighted by atomic mass is 10.2. The van der Waals surface area contributed by atoms with Gasteiger partial charge < -0.3 is 10.1 Å². The van der Waals surface area contributed by atoms with Crippen LogP contribution in [-0.4, -0.2) is 27.0 Å². The van der Waals surface area contributed by atoms with E-state index in [1.807, 2.05) is 26.0 Å². The maximum Gasteiger partial charge on any atom is 0.155 e. The van der Waals surface area contributed by atoms with Gasteiger partial charge in [-0.05, 0) is 19.9 Å². The second-order valence-electron chi connectivity index (χ2n) is 7.17. The highest BCUT2D eigenvalue weighted by Crippen LogP contribution is 2.42. The number of anilines is 2. The molecule has 2 heterocycles. The van der Waals surface area contributed by atoms with Crippen molar-refractivity contribution in [1.29, 1.82) is 0 Å². The summed E-state index contributed by atoms with van der Waals surface area (Å²) in [6.45, 7) is 10.5. The first-order valence-corrected chi connectivity index (χ1v) is 9.53. The van der Waals surface area contributed by atoms with Crippen LogP contribution in [0.2, 0.25) is 5.02 Å². The highest BCUT2D eigenvalue weighted by atomic mass is 35.5. The molecular weight excluding hydrogens is 368 g/mol. The number of nitrogens with zero attached hydrogens (tertiary/aromatic N) is 2. The molecule has 138 valence electrons. The molecule has 0 atom stereocenters. The van der Waals surface area contributed by atoms with E-state index in [4.69, 9.17) is 16.3 Å². The van der Waals surface area contributed by atoms with E-state index >= 15 is 0 Å². The zero-order valence-electron chi connectivity index (χ0n) is 15.8. The van der Waals surface area contributed by atoms with Crippen LogP contribution in [0.25, 0.3) is 10.9 Å².